The molecule has 3 N–H and O–H groups in total. The number of nitrogens with two attached hydrogens (primary N) is 1. The van der Waals surface area contributed by atoms with Crippen LogP contribution in [-0.4, -0.2) is 38.9 Å². The van der Waals surface area contributed by atoms with E-state index in [9.17, 15) is 9.90 Å². The van der Waals surface area contributed by atoms with E-state index in [-0.39, 0.29) is 5.91 Å². The van der Waals surface area contributed by atoms with E-state index in [1.165, 1.54) is 0 Å². The molecule has 0 bridgehead atoms. The van der Waals surface area contributed by atoms with Crippen LogP contribution < -0.4 is 10.6 Å². The molecule has 0 atom stereocenters. The maximum absolute atomic E-state index is 11.2. The molecule has 2 aromatic rings. The second-order valence-corrected chi connectivity index (χ2v) is 7.53. The Hall–Kier alpha value is -2.41. The van der Waals surface area contributed by atoms with E-state index in [1.807, 2.05) is 18.2 Å². The smallest absolute Gasteiger partial charge is 0.227 e. The van der Waals surface area contributed by atoms with Gasteiger partial charge in [-0.2, -0.15) is 0 Å². The van der Waals surface area contributed by atoms with Crippen LogP contribution in [0.4, 0.5) is 5.95 Å². The predicted molar refractivity (Wildman–Crippen MR) is 97.4 cm³/mol. The molecule has 1 aromatic carbocycles. The molecular formula is C19H25N5O2. The molecule has 7 nitrogen and oxygen atoms in total. The van der Waals surface area contributed by atoms with Crippen LogP contribution in [0.25, 0.3) is 0 Å². The van der Waals surface area contributed by atoms with Gasteiger partial charge in [-0.15, -0.1) is 10.2 Å². The molecule has 1 saturated heterocycles. The van der Waals surface area contributed by atoms with Crippen LogP contribution in [0.1, 0.15) is 43.5 Å². The minimum absolute atomic E-state index is 0.228. The van der Waals surface area contributed by atoms with Crippen LogP contribution >= 0.6 is 0 Å². The number of primary amides is 1. The monoisotopic (exact) mass is 355 g/mol. The number of aliphatic hydroxyl groups is 1. The van der Waals surface area contributed by atoms with Gasteiger partial charge in [-0.25, -0.2) is 0 Å². The second kappa shape index (κ2) is 6.72. The molecule has 7 heteroatoms. The molecule has 2 heterocycles. The van der Waals surface area contributed by atoms with Crippen LogP contribution in [0.15, 0.2) is 30.3 Å². The Morgan fingerprint density at radius 2 is 1.88 bits per heavy atom. The number of carbonyl (C=O) groups excluding carboxylic acids is 1. The summed E-state index contributed by atoms with van der Waals surface area (Å²) in [5.74, 6) is 1.59. The molecule has 1 aromatic heterocycles. The van der Waals surface area contributed by atoms with Crippen molar-refractivity contribution in [1.29, 1.82) is 0 Å². The highest BCUT2D eigenvalue weighted by Crippen LogP contribution is 2.45. The van der Waals surface area contributed by atoms with Crippen molar-refractivity contribution in [3.05, 3.63) is 41.7 Å². The summed E-state index contributed by atoms with van der Waals surface area (Å²) in [6.45, 7) is 2.29. The molecule has 4 rings (SSSR count). The molecule has 2 aliphatic rings. The Labute approximate surface area is 152 Å². The first-order chi connectivity index (χ1) is 12.5. The number of nitrogens with zero attached hydrogens (tertiary/aromatic N) is 4. The lowest BCUT2D eigenvalue weighted by molar-refractivity contribution is -0.119. The molecule has 0 spiro atoms. The van der Waals surface area contributed by atoms with E-state index in [0.29, 0.717) is 24.7 Å². The van der Waals surface area contributed by atoms with Gasteiger partial charge < -0.3 is 15.7 Å². The van der Waals surface area contributed by atoms with E-state index in [2.05, 4.69) is 31.8 Å². The number of aromatic nitrogens is 3. The van der Waals surface area contributed by atoms with Crippen LogP contribution in [0.3, 0.4) is 0 Å². The third kappa shape index (κ3) is 3.44. The largest absolute Gasteiger partial charge is 0.382 e. The Bertz CT molecular complexity index is 776. The van der Waals surface area contributed by atoms with Gasteiger partial charge in [0.25, 0.3) is 0 Å². The molecule has 0 unspecified atom stereocenters. The fourth-order valence-corrected chi connectivity index (χ4v) is 3.75. The highest BCUT2D eigenvalue weighted by molar-refractivity contribution is 5.74. The predicted octanol–water partition coefficient (Wildman–Crippen LogP) is 1.40. The van der Waals surface area contributed by atoms with E-state index in [0.717, 1.165) is 50.3 Å². The molecule has 2 fully saturated rings. The first-order valence-corrected chi connectivity index (χ1v) is 9.28. The van der Waals surface area contributed by atoms with Gasteiger partial charge in [-0.1, -0.05) is 30.3 Å². The highest BCUT2D eigenvalue weighted by atomic mass is 16.3. The van der Waals surface area contributed by atoms with E-state index in [4.69, 9.17) is 5.73 Å². The van der Waals surface area contributed by atoms with Crippen molar-refractivity contribution in [2.75, 3.05) is 18.0 Å². The highest BCUT2D eigenvalue weighted by Gasteiger charge is 2.47. The van der Waals surface area contributed by atoms with Crippen LogP contribution in [0.5, 0.6) is 0 Å². The molecule has 1 aliphatic carbocycles. The van der Waals surface area contributed by atoms with Crippen molar-refractivity contribution in [1.82, 2.24) is 14.8 Å². The number of anilines is 1. The molecule has 0 radical (unpaired) electrons. The molecule has 1 amide bonds. The van der Waals surface area contributed by atoms with Gasteiger partial charge in [0.1, 0.15) is 5.60 Å². The second-order valence-electron chi connectivity index (χ2n) is 7.53. The van der Waals surface area contributed by atoms with Gasteiger partial charge in [0, 0.05) is 19.5 Å². The van der Waals surface area contributed by atoms with Crippen molar-refractivity contribution in [3.8, 4) is 0 Å². The van der Waals surface area contributed by atoms with Crippen LogP contribution in [0.2, 0.25) is 0 Å². The summed E-state index contributed by atoms with van der Waals surface area (Å²) in [7, 11) is 0. The third-order valence-corrected chi connectivity index (χ3v) is 5.44. The Morgan fingerprint density at radius 1 is 1.19 bits per heavy atom. The average Bonchev–Trinajstić information content (AvgIpc) is 3.23. The first-order valence-electron chi connectivity index (χ1n) is 9.28. The Kier molecular flexibility index (Phi) is 4.40. The molecular weight excluding hydrogens is 330 g/mol. The van der Waals surface area contributed by atoms with E-state index in [1.54, 1.807) is 0 Å². The summed E-state index contributed by atoms with van der Waals surface area (Å²) < 4.78 is 2.05. The summed E-state index contributed by atoms with van der Waals surface area (Å²) >= 11 is 0. The lowest BCUT2D eigenvalue weighted by Gasteiger charge is -2.32. The van der Waals surface area contributed by atoms with Gasteiger partial charge in [0.2, 0.25) is 11.9 Å². The number of hydrogen-bond donors (Lipinski definition) is 2. The molecule has 138 valence electrons. The summed E-state index contributed by atoms with van der Waals surface area (Å²) in [5, 5.41) is 19.4. The van der Waals surface area contributed by atoms with Gasteiger partial charge in [0.15, 0.2) is 5.82 Å². The van der Waals surface area contributed by atoms with Crippen molar-refractivity contribution < 1.29 is 9.90 Å². The fourth-order valence-electron chi connectivity index (χ4n) is 3.75. The zero-order chi connectivity index (χ0) is 18.1. The van der Waals surface area contributed by atoms with Gasteiger partial charge >= 0.3 is 0 Å². The van der Waals surface area contributed by atoms with Crippen molar-refractivity contribution in [2.24, 2.45) is 11.7 Å². The maximum atomic E-state index is 11.2. The summed E-state index contributed by atoms with van der Waals surface area (Å²) in [4.78, 5) is 13.4. The SMILES string of the molecule is NC(=O)CC1CCN(c2nnc(C3(O)CC3)n2Cc2ccccc2)CC1. The standard InChI is InChI=1S/C19H25N5O2/c20-16(25)12-14-6-10-23(11-7-14)18-22-21-17(19(26)8-9-19)24(18)13-15-4-2-1-3-5-15/h1-5,14,26H,6-13H2,(H2,20,25). The number of amides is 1. The van der Waals surface area contributed by atoms with Crippen molar-refractivity contribution in [2.45, 2.75) is 44.2 Å². The summed E-state index contributed by atoms with van der Waals surface area (Å²) in [5.41, 5.74) is 5.66. The number of rotatable bonds is 6. The lowest BCUT2D eigenvalue weighted by Crippen LogP contribution is -2.37. The number of hydrogen-bond acceptors (Lipinski definition) is 5. The molecule has 1 aliphatic heterocycles. The Morgan fingerprint density at radius 3 is 2.50 bits per heavy atom. The maximum Gasteiger partial charge on any atom is 0.227 e. The topological polar surface area (TPSA) is 97.3 Å². The number of carbonyl (C=O) groups is 1. The number of piperidine rings is 1. The zero-order valence-electron chi connectivity index (χ0n) is 14.8. The van der Waals surface area contributed by atoms with Crippen molar-refractivity contribution >= 4 is 11.9 Å². The van der Waals surface area contributed by atoms with E-state index >= 15 is 0 Å². The molecule has 1 saturated carbocycles. The average molecular weight is 355 g/mol. The summed E-state index contributed by atoms with van der Waals surface area (Å²) in [6, 6.07) is 10.2. The van der Waals surface area contributed by atoms with Gasteiger partial charge in [-0.3, -0.25) is 9.36 Å². The molecule has 26 heavy (non-hydrogen) atoms. The van der Waals surface area contributed by atoms with Crippen molar-refractivity contribution in [3.63, 3.8) is 0 Å². The fraction of sp³-hybridized carbons (Fsp3) is 0.526. The summed E-state index contributed by atoms with van der Waals surface area (Å²) in [6.07, 6.45) is 3.76. The minimum atomic E-state index is -0.829. The quantitative estimate of drug-likeness (QED) is 0.816. The van der Waals surface area contributed by atoms with Crippen LogP contribution in [0, 0.1) is 5.92 Å². The third-order valence-electron chi connectivity index (χ3n) is 5.44. The Balaban J connectivity index is 1.56. The number of benzene rings is 1. The normalized spacial score (nSPS) is 19.5. The van der Waals surface area contributed by atoms with E-state index < -0.39 is 5.60 Å². The first kappa shape index (κ1) is 17.0. The minimum Gasteiger partial charge on any atom is -0.382 e. The van der Waals surface area contributed by atoms with Gasteiger partial charge in [0.05, 0.1) is 6.54 Å². The lowest BCUT2D eigenvalue weighted by atomic mass is 9.93. The zero-order valence-corrected chi connectivity index (χ0v) is 14.8. The van der Waals surface area contributed by atoms with Crippen LogP contribution in [-0.2, 0) is 16.9 Å². The van der Waals surface area contributed by atoms with Gasteiger partial charge in [-0.05, 0) is 37.2 Å².